The number of rotatable bonds is 8. The van der Waals surface area contributed by atoms with Gasteiger partial charge in [0.25, 0.3) is 0 Å². The van der Waals surface area contributed by atoms with Gasteiger partial charge in [0.15, 0.2) is 0 Å². The molecule has 5 nitrogen and oxygen atoms in total. The lowest BCUT2D eigenvalue weighted by molar-refractivity contribution is -0.176. The maximum Gasteiger partial charge on any atom is 0.338 e. The monoisotopic (exact) mass is 300 g/mol. The zero-order valence-corrected chi connectivity index (χ0v) is 13.2. The van der Waals surface area contributed by atoms with Crippen LogP contribution in [0.5, 0.6) is 0 Å². The van der Waals surface area contributed by atoms with Crippen LogP contribution in [-0.2, 0) is 24.3 Å². The van der Waals surface area contributed by atoms with Crippen LogP contribution in [0.15, 0.2) is 24.3 Å². The van der Waals surface area contributed by atoms with Gasteiger partial charge in [-0.2, -0.15) is 0 Å². The lowest BCUT2D eigenvalue weighted by Gasteiger charge is -2.28. The predicted molar refractivity (Wildman–Crippen MR) is 77.7 cm³/mol. The number of hydrogen-bond donors (Lipinski definition) is 0. The summed E-state index contributed by atoms with van der Waals surface area (Å²) in [7, 11) is -1.33. The second kappa shape index (κ2) is 8.20. The zero-order chi connectivity index (χ0) is 15.0. The largest absolute Gasteiger partial charge is 0.462 e. The van der Waals surface area contributed by atoms with Crippen molar-refractivity contribution in [3.63, 3.8) is 0 Å². The van der Waals surface area contributed by atoms with Crippen molar-refractivity contribution in [1.82, 2.24) is 0 Å². The van der Waals surface area contributed by atoms with E-state index >= 15 is 0 Å². The fourth-order valence-electron chi connectivity index (χ4n) is 1.83. The van der Waals surface area contributed by atoms with Crippen molar-refractivity contribution in [3.8, 4) is 0 Å². The van der Waals surface area contributed by atoms with Crippen molar-refractivity contribution in [2.45, 2.75) is 26.3 Å². The van der Waals surface area contributed by atoms with E-state index < -0.39 is 14.0 Å². The van der Waals surface area contributed by atoms with Crippen molar-refractivity contribution in [3.05, 3.63) is 35.4 Å². The molecule has 0 aliphatic carbocycles. The van der Waals surface area contributed by atoms with Crippen molar-refractivity contribution in [2.24, 2.45) is 0 Å². The Labute approximate surface area is 120 Å². The number of hydrogen-bond acceptors (Lipinski definition) is 5. The molecule has 0 radical (unpaired) electrons. The van der Waals surface area contributed by atoms with Crippen LogP contribution in [0.3, 0.4) is 0 Å². The number of ether oxygens (including phenoxy) is 3. The Bertz CT molecular complexity index is 437. The number of benzene rings is 1. The molecule has 0 amide bonds. The summed E-state index contributed by atoms with van der Waals surface area (Å²) in [6.07, 6.45) is 0. The standard InChI is InChI=1S/C14H21O5P/c1-4-17-13(15)11-7-9-12(10-8-11)14(20-16,18-5-2)19-6-3/h7-10H,4-6,20H2,1-3H3. The van der Waals surface area contributed by atoms with E-state index in [0.717, 1.165) is 0 Å². The molecule has 0 bridgehead atoms. The van der Waals surface area contributed by atoms with E-state index in [1.54, 1.807) is 31.2 Å². The topological polar surface area (TPSA) is 61.8 Å². The van der Waals surface area contributed by atoms with Crippen LogP contribution in [0.25, 0.3) is 0 Å². The first kappa shape index (κ1) is 16.9. The molecule has 0 aromatic heterocycles. The van der Waals surface area contributed by atoms with Crippen LogP contribution in [0.2, 0.25) is 0 Å². The fourth-order valence-corrected chi connectivity index (χ4v) is 2.62. The van der Waals surface area contributed by atoms with Gasteiger partial charge < -0.3 is 18.8 Å². The van der Waals surface area contributed by atoms with Gasteiger partial charge in [0.1, 0.15) is 8.46 Å². The van der Waals surface area contributed by atoms with E-state index in [1.165, 1.54) is 0 Å². The highest BCUT2D eigenvalue weighted by Gasteiger charge is 2.32. The molecule has 0 saturated carbocycles. The Morgan fingerprint density at radius 3 is 2.00 bits per heavy atom. The van der Waals surface area contributed by atoms with Crippen molar-refractivity contribution in [2.75, 3.05) is 19.8 Å². The van der Waals surface area contributed by atoms with Crippen molar-refractivity contribution < 1.29 is 23.6 Å². The Morgan fingerprint density at radius 2 is 1.60 bits per heavy atom. The molecule has 1 aromatic carbocycles. The van der Waals surface area contributed by atoms with E-state index in [0.29, 0.717) is 30.9 Å². The van der Waals surface area contributed by atoms with Crippen LogP contribution >= 0.6 is 8.46 Å². The SMILES string of the molecule is CCOC(=O)c1ccc(C(OCC)(OCC)[PH2]=O)cc1. The molecule has 0 N–H and O–H groups in total. The molecule has 112 valence electrons. The minimum atomic E-state index is -1.33. The van der Waals surface area contributed by atoms with Crippen LogP contribution in [0, 0.1) is 0 Å². The average molecular weight is 300 g/mol. The van der Waals surface area contributed by atoms with E-state index in [-0.39, 0.29) is 5.97 Å². The molecular formula is C14H21O5P. The highest BCUT2D eigenvalue weighted by atomic mass is 31.1. The molecule has 0 heterocycles. The third-order valence-electron chi connectivity index (χ3n) is 2.67. The van der Waals surface area contributed by atoms with Gasteiger partial charge in [-0.25, -0.2) is 4.79 Å². The van der Waals surface area contributed by atoms with Gasteiger partial charge in [0, 0.05) is 18.8 Å². The number of carbonyl (C=O) groups is 1. The first-order valence-electron chi connectivity index (χ1n) is 6.65. The Morgan fingerprint density at radius 1 is 1.05 bits per heavy atom. The fraction of sp³-hybridized carbons (Fsp3) is 0.500. The van der Waals surface area contributed by atoms with Gasteiger partial charge in [-0.3, -0.25) is 0 Å². The highest BCUT2D eigenvalue weighted by Crippen LogP contribution is 2.38. The summed E-state index contributed by atoms with van der Waals surface area (Å²) in [6, 6.07) is 6.61. The van der Waals surface area contributed by atoms with E-state index in [4.69, 9.17) is 14.2 Å². The molecule has 0 saturated heterocycles. The predicted octanol–water partition coefficient (Wildman–Crippen LogP) is 2.80. The third kappa shape index (κ3) is 3.92. The molecule has 1 atom stereocenters. The van der Waals surface area contributed by atoms with Crippen LogP contribution in [0.1, 0.15) is 36.7 Å². The molecule has 1 rings (SSSR count). The van der Waals surface area contributed by atoms with Gasteiger partial charge in [-0.1, -0.05) is 12.1 Å². The third-order valence-corrected chi connectivity index (χ3v) is 3.65. The molecule has 1 aromatic rings. The maximum atomic E-state index is 11.6. The first-order valence-corrected chi connectivity index (χ1v) is 7.70. The second-order valence-electron chi connectivity index (χ2n) is 3.95. The molecule has 0 spiro atoms. The molecule has 20 heavy (non-hydrogen) atoms. The van der Waals surface area contributed by atoms with Gasteiger partial charge >= 0.3 is 5.97 Å². The summed E-state index contributed by atoms with van der Waals surface area (Å²) in [5.74, 6) is -0.382. The molecular weight excluding hydrogens is 279 g/mol. The Balaban J connectivity index is 3.04. The minimum Gasteiger partial charge on any atom is -0.462 e. The minimum absolute atomic E-state index is 0.327. The smallest absolute Gasteiger partial charge is 0.338 e. The van der Waals surface area contributed by atoms with Crippen LogP contribution in [0.4, 0.5) is 0 Å². The summed E-state index contributed by atoms with van der Waals surface area (Å²) < 4.78 is 27.6. The summed E-state index contributed by atoms with van der Waals surface area (Å²) in [5, 5.41) is 0. The lowest BCUT2D eigenvalue weighted by atomic mass is 10.1. The van der Waals surface area contributed by atoms with Gasteiger partial charge in [0.2, 0.25) is 5.53 Å². The summed E-state index contributed by atoms with van der Waals surface area (Å²) in [6.45, 7) is 6.48. The van der Waals surface area contributed by atoms with E-state index in [9.17, 15) is 9.36 Å². The highest BCUT2D eigenvalue weighted by molar-refractivity contribution is 7.24. The average Bonchev–Trinajstić information content (AvgIpc) is 2.47. The molecule has 1 unspecified atom stereocenters. The number of esters is 1. The second-order valence-corrected chi connectivity index (χ2v) is 4.94. The summed E-state index contributed by atoms with van der Waals surface area (Å²) in [4.78, 5) is 11.6. The van der Waals surface area contributed by atoms with Gasteiger partial charge in [0.05, 0.1) is 12.2 Å². The zero-order valence-electron chi connectivity index (χ0n) is 12.0. The van der Waals surface area contributed by atoms with Crippen molar-refractivity contribution in [1.29, 1.82) is 0 Å². The summed E-state index contributed by atoms with van der Waals surface area (Å²) in [5.41, 5.74) is -0.130. The lowest BCUT2D eigenvalue weighted by Crippen LogP contribution is -2.27. The van der Waals surface area contributed by atoms with E-state index in [2.05, 4.69) is 0 Å². The van der Waals surface area contributed by atoms with Crippen molar-refractivity contribution >= 4 is 14.4 Å². The first-order chi connectivity index (χ1) is 9.63. The Kier molecular flexibility index (Phi) is 6.93. The molecule has 0 fully saturated rings. The quantitative estimate of drug-likeness (QED) is 0.420. The Hall–Kier alpha value is -1.16. The van der Waals surface area contributed by atoms with Crippen LogP contribution in [-0.4, -0.2) is 25.8 Å². The molecule has 6 heteroatoms. The maximum absolute atomic E-state index is 11.6. The van der Waals surface area contributed by atoms with Gasteiger partial charge in [-0.15, -0.1) is 0 Å². The number of carbonyl (C=O) groups excluding carboxylic acids is 1. The van der Waals surface area contributed by atoms with Crippen LogP contribution < -0.4 is 0 Å². The molecule has 0 aliphatic heterocycles. The van der Waals surface area contributed by atoms with Gasteiger partial charge in [-0.05, 0) is 32.9 Å². The normalized spacial score (nSPS) is 11.9. The van der Waals surface area contributed by atoms with E-state index in [1.807, 2.05) is 13.8 Å². The molecule has 0 aliphatic rings. The summed E-state index contributed by atoms with van der Waals surface area (Å²) >= 11 is 0.